The summed E-state index contributed by atoms with van der Waals surface area (Å²) in [7, 11) is 0. The second-order valence-corrected chi connectivity index (χ2v) is 29.2. The molecule has 0 saturated carbocycles. The first-order valence-corrected chi connectivity index (χ1v) is 34.7. The lowest BCUT2D eigenvalue weighted by atomic mass is 9.34. The molecule has 0 N–H and O–H groups in total. The number of fused-ring (bicyclic) bond motifs is 16. The molecule has 0 unspecified atom stereocenters. The first-order valence-electron chi connectivity index (χ1n) is 34.7. The minimum Gasteiger partial charge on any atom is -0.458 e. The molecule has 2 aliphatic heterocycles. The predicted octanol–water partition coefficient (Wildman–Crippen LogP) is 22.4. The van der Waals surface area contributed by atoms with Gasteiger partial charge in [-0.15, -0.1) is 0 Å². The van der Waals surface area contributed by atoms with Crippen LogP contribution in [0.4, 0.5) is 17.1 Å². The zero-order valence-electron chi connectivity index (χ0n) is 56.1. The van der Waals surface area contributed by atoms with Crippen LogP contribution in [0.2, 0.25) is 0 Å². The van der Waals surface area contributed by atoms with Gasteiger partial charge in [0.2, 0.25) is 0 Å². The number of anilines is 3. The Kier molecular flexibility index (Phi) is 12.3. The molecule has 2 aliphatic rings. The van der Waals surface area contributed by atoms with E-state index in [0.717, 1.165) is 129 Å². The summed E-state index contributed by atoms with van der Waals surface area (Å²) in [5, 5.41) is 9.76. The van der Waals surface area contributed by atoms with Crippen molar-refractivity contribution < 1.29 is 4.74 Å². The van der Waals surface area contributed by atoms with Gasteiger partial charge in [0.05, 0.1) is 66.9 Å². The van der Waals surface area contributed by atoms with Crippen LogP contribution in [0, 0.1) is 0 Å². The number of nitrogens with zero attached hydrogens (tertiary/aromatic N) is 5. The van der Waals surface area contributed by atoms with Crippen LogP contribution in [0.15, 0.2) is 303 Å². The SMILES string of the molecule is CC(C)(C)c1ccc2c(c1)c1cc(C(C)(C)C)ccc1n2-c1cc2c3c(c1)N(c1ccccc1-c1ccccc1)c1cc(-c4cccc(-n5c6ccccc6c6ccccc65)c4-n4c5ccccc5c5ccccc54)ccc1B3c1ccc(-n3c4ccccc4c4ccccc43)cc1O2. The second-order valence-electron chi connectivity index (χ2n) is 29.2. The minimum atomic E-state index is -0.230. The van der Waals surface area contributed by atoms with Crippen molar-refractivity contribution in [2.24, 2.45) is 0 Å². The number of hydrogen-bond donors (Lipinski definition) is 0. The standard InChI is InChI=1S/C92H68BN5O/c1-91(2,3)59-44-49-82-71(52-59)72-53-60(92(4,5)6)45-50-83(72)95(82)62-54-86-89-88(56-62)99-87-55-61(94-76-36-18-11-28-65(76)66-29-12-19-37-77(66)94)46-48-74(87)93(89)73-47-43-58(51-85(73)97(86)75-35-17-10-27-63(75)57-25-8-7-9-26-57)64-34-24-42-84(96-78-38-20-13-30-67(78)68-31-14-21-39-79(68)96)90(64)98-80-40-22-15-32-69(80)70-33-16-23-41-81(70)98/h7-56H,1-6H3. The van der Waals surface area contributed by atoms with Crippen molar-refractivity contribution in [1.29, 1.82) is 0 Å². The maximum Gasteiger partial charge on any atom is 0.256 e. The Morgan fingerprint density at radius 2 is 0.717 bits per heavy atom. The van der Waals surface area contributed by atoms with Crippen LogP contribution in [0.3, 0.4) is 0 Å². The highest BCUT2D eigenvalue weighted by molar-refractivity contribution is 6.99. The van der Waals surface area contributed by atoms with E-state index in [0.29, 0.717) is 0 Å². The van der Waals surface area contributed by atoms with Crippen molar-refractivity contribution in [3.8, 4) is 56.5 Å². The van der Waals surface area contributed by atoms with E-state index in [1.807, 2.05) is 0 Å². The molecule has 14 aromatic carbocycles. The highest BCUT2D eigenvalue weighted by atomic mass is 16.5. The molecule has 99 heavy (non-hydrogen) atoms. The maximum absolute atomic E-state index is 7.76. The Morgan fingerprint density at radius 3 is 1.27 bits per heavy atom. The van der Waals surface area contributed by atoms with Gasteiger partial charge in [-0.3, -0.25) is 0 Å². The van der Waals surface area contributed by atoms with Crippen molar-refractivity contribution in [2.75, 3.05) is 4.90 Å². The molecular formula is C92H68BN5O. The number of rotatable bonds is 7. The molecule has 7 heteroatoms. The van der Waals surface area contributed by atoms with Crippen molar-refractivity contribution >= 4 is 127 Å². The average molecular weight is 1270 g/mol. The lowest BCUT2D eigenvalue weighted by Crippen LogP contribution is -2.59. The third-order valence-electron chi connectivity index (χ3n) is 21.5. The normalized spacial score (nSPS) is 13.0. The van der Waals surface area contributed by atoms with Crippen LogP contribution in [0.25, 0.3) is 132 Å². The predicted molar refractivity (Wildman–Crippen MR) is 418 cm³/mol. The van der Waals surface area contributed by atoms with Crippen LogP contribution >= 0.6 is 0 Å². The average Bonchev–Trinajstić information content (AvgIpc) is 1.50. The highest BCUT2D eigenvalue weighted by Crippen LogP contribution is 2.50. The molecule has 4 aromatic heterocycles. The third kappa shape index (κ3) is 8.50. The number of benzene rings is 14. The summed E-state index contributed by atoms with van der Waals surface area (Å²) in [6, 6.07) is 114. The van der Waals surface area contributed by atoms with E-state index >= 15 is 0 Å². The zero-order chi connectivity index (χ0) is 66.2. The first kappa shape index (κ1) is 57.2. The van der Waals surface area contributed by atoms with E-state index in [1.54, 1.807) is 0 Å². The van der Waals surface area contributed by atoms with Crippen LogP contribution < -0.4 is 26.0 Å². The Hall–Kier alpha value is -12.1. The van der Waals surface area contributed by atoms with Gasteiger partial charge in [0.15, 0.2) is 0 Å². The molecule has 0 spiro atoms. The van der Waals surface area contributed by atoms with Gasteiger partial charge in [-0.2, -0.15) is 0 Å². The topological polar surface area (TPSA) is 32.2 Å². The molecule has 6 heterocycles. The fourth-order valence-corrected chi connectivity index (χ4v) is 16.9. The molecule has 0 bridgehead atoms. The van der Waals surface area contributed by atoms with Gasteiger partial charge in [-0.1, -0.05) is 242 Å². The van der Waals surface area contributed by atoms with Crippen LogP contribution in [-0.4, -0.2) is 25.0 Å². The molecule has 0 fully saturated rings. The lowest BCUT2D eigenvalue weighted by Gasteiger charge is -2.41. The van der Waals surface area contributed by atoms with Crippen molar-refractivity contribution in [2.45, 2.75) is 52.4 Å². The fraction of sp³-hybridized carbons (Fsp3) is 0.0870. The summed E-state index contributed by atoms with van der Waals surface area (Å²) in [5.41, 5.74) is 27.1. The molecule has 0 aliphatic carbocycles. The lowest BCUT2D eigenvalue weighted by molar-refractivity contribution is 0.487. The quantitative estimate of drug-likeness (QED) is 0.149. The number of para-hydroxylation sites is 8. The van der Waals surface area contributed by atoms with Gasteiger partial charge in [0.1, 0.15) is 11.5 Å². The fourth-order valence-electron chi connectivity index (χ4n) is 16.9. The van der Waals surface area contributed by atoms with E-state index < -0.39 is 0 Å². The maximum atomic E-state index is 7.76. The van der Waals surface area contributed by atoms with Crippen molar-refractivity contribution in [1.82, 2.24) is 18.3 Å². The molecular weight excluding hydrogens is 1200 g/mol. The van der Waals surface area contributed by atoms with Gasteiger partial charge in [-0.25, -0.2) is 0 Å². The molecule has 0 amide bonds. The molecule has 18 aromatic rings. The number of ether oxygens (including phenoxy) is 1. The first-order chi connectivity index (χ1) is 48.4. The number of hydrogen-bond acceptors (Lipinski definition) is 2. The largest absolute Gasteiger partial charge is 0.458 e. The third-order valence-corrected chi connectivity index (χ3v) is 21.5. The summed E-state index contributed by atoms with van der Waals surface area (Å²) in [4.78, 5) is 2.58. The molecule has 0 radical (unpaired) electrons. The Bertz CT molecular complexity index is 6210. The summed E-state index contributed by atoms with van der Waals surface area (Å²) < 4.78 is 17.7. The van der Waals surface area contributed by atoms with Gasteiger partial charge < -0.3 is 27.9 Å². The molecule has 0 saturated heterocycles. The minimum absolute atomic E-state index is 0.0655. The molecule has 0 atom stereocenters. The Labute approximate surface area is 575 Å². The monoisotopic (exact) mass is 1270 g/mol. The van der Waals surface area contributed by atoms with Crippen molar-refractivity contribution in [3.63, 3.8) is 0 Å². The molecule has 6 nitrogen and oxygen atoms in total. The van der Waals surface area contributed by atoms with E-state index in [2.05, 4.69) is 368 Å². The Morgan fingerprint density at radius 1 is 0.273 bits per heavy atom. The van der Waals surface area contributed by atoms with Gasteiger partial charge in [-0.05, 0) is 140 Å². The smallest absolute Gasteiger partial charge is 0.256 e. The number of aromatic nitrogens is 4. The molecule has 20 rings (SSSR count). The summed E-state index contributed by atoms with van der Waals surface area (Å²) in [5.74, 6) is 1.67. The Balaban J connectivity index is 0.903. The molecule has 470 valence electrons. The van der Waals surface area contributed by atoms with E-state index in [1.165, 1.54) is 59.7 Å². The van der Waals surface area contributed by atoms with Gasteiger partial charge >= 0.3 is 0 Å². The van der Waals surface area contributed by atoms with E-state index in [4.69, 9.17) is 4.74 Å². The van der Waals surface area contributed by atoms with Crippen LogP contribution in [0.5, 0.6) is 11.5 Å². The van der Waals surface area contributed by atoms with Gasteiger partial charge in [0.25, 0.3) is 6.71 Å². The summed E-state index contributed by atoms with van der Waals surface area (Å²) >= 11 is 0. The van der Waals surface area contributed by atoms with E-state index in [-0.39, 0.29) is 17.5 Å². The van der Waals surface area contributed by atoms with E-state index in [9.17, 15) is 0 Å². The summed E-state index contributed by atoms with van der Waals surface area (Å²) in [6.45, 7) is 13.7. The van der Waals surface area contributed by atoms with Gasteiger partial charge in [0, 0.05) is 83.4 Å². The highest BCUT2D eigenvalue weighted by Gasteiger charge is 2.44. The summed E-state index contributed by atoms with van der Waals surface area (Å²) in [6.07, 6.45) is 0. The van der Waals surface area contributed by atoms with Crippen LogP contribution in [-0.2, 0) is 10.8 Å². The van der Waals surface area contributed by atoms with Crippen molar-refractivity contribution in [3.05, 3.63) is 314 Å². The zero-order valence-corrected chi connectivity index (χ0v) is 56.1. The second kappa shape index (κ2) is 21.2. The van der Waals surface area contributed by atoms with Crippen LogP contribution in [0.1, 0.15) is 52.7 Å².